The van der Waals surface area contributed by atoms with Crippen molar-refractivity contribution in [1.29, 1.82) is 0 Å². The molecule has 1 aliphatic rings. The summed E-state index contributed by atoms with van der Waals surface area (Å²) in [6.45, 7) is 0. The van der Waals surface area contributed by atoms with Gasteiger partial charge >= 0.3 is 0 Å². The van der Waals surface area contributed by atoms with Gasteiger partial charge in [-0.25, -0.2) is 4.99 Å². The molecule has 1 aromatic heterocycles. The molecule has 1 fully saturated rings. The molecular weight excluding hydrogens is 260 g/mol. The number of nitrogens with one attached hydrogen (secondary N) is 1. The summed E-state index contributed by atoms with van der Waals surface area (Å²) < 4.78 is 5.19. The number of furan rings is 1. The van der Waals surface area contributed by atoms with Gasteiger partial charge in [0, 0.05) is 6.08 Å². The molecule has 0 saturated carbocycles. The Hall–Kier alpha value is -2.27. The van der Waals surface area contributed by atoms with Gasteiger partial charge in [-0.1, -0.05) is 18.2 Å². The van der Waals surface area contributed by atoms with Gasteiger partial charge in [0.2, 0.25) is 0 Å². The molecule has 94 valence electrons. The van der Waals surface area contributed by atoms with Gasteiger partial charge in [0.1, 0.15) is 5.76 Å². The van der Waals surface area contributed by atoms with Crippen molar-refractivity contribution in [1.82, 2.24) is 5.32 Å². The number of hydrogen-bond acceptors (Lipinski definition) is 4. The second kappa shape index (κ2) is 5.16. The van der Waals surface area contributed by atoms with Gasteiger partial charge in [-0.2, -0.15) is 0 Å². The molecule has 0 spiro atoms. The third-order valence-corrected chi connectivity index (χ3v) is 3.36. The smallest absolute Gasteiger partial charge is 0.264 e. The van der Waals surface area contributed by atoms with Crippen molar-refractivity contribution in [2.24, 2.45) is 4.99 Å². The highest BCUT2D eigenvalue weighted by Crippen LogP contribution is 2.27. The van der Waals surface area contributed by atoms with E-state index in [2.05, 4.69) is 10.3 Å². The van der Waals surface area contributed by atoms with Crippen LogP contribution in [0.3, 0.4) is 0 Å². The summed E-state index contributed by atoms with van der Waals surface area (Å²) in [5, 5.41) is 3.31. The van der Waals surface area contributed by atoms with Crippen LogP contribution >= 0.6 is 11.8 Å². The van der Waals surface area contributed by atoms with Crippen LogP contribution in [0, 0.1) is 0 Å². The number of carbonyl (C=O) groups excluding carboxylic acids is 1. The minimum atomic E-state index is -0.156. The largest absolute Gasteiger partial charge is 0.465 e. The lowest BCUT2D eigenvalue weighted by atomic mass is 10.3. The van der Waals surface area contributed by atoms with Crippen LogP contribution in [0.4, 0.5) is 5.69 Å². The molecule has 2 heterocycles. The average Bonchev–Trinajstić information content (AvgIpc) is 3.02. The summed E-state index contributed by atoms with van der Waals surface area (Å²) in [7, 11) is 0. The van der Waals surface area contributed by atoms with Gasteiger partial charge < -0.3 is 9.73 Å². The topological polar surface area (TPSA) is 54.6 Å². The summed E-state index contributed by atoms with van der Waals surface area (Å²) in [6, 6.07) is 13.1. The van der Waals surface area contributed by atoms with Crippen LogP contribution < -0.4 is 5.32 Å². The zero-order valence-corrected chi connectivity index (χ0v) is 10.7. The summed E-state index contributed by atoms with van der Waals surface area (Å²) in [5.74, 6) is 0.495. The van der Waals surface area contributed by atoms with Crippen LogP contribution in [0.5, 0.6) is 0 Å². The lowest BCUT2D eigenvalue weighted by Gasteiger charge is -1.94. The Labute approximate surface area is 114 Å². The second-order valence-corrected chi connectivity index (χ2v) is 4.86. The number of carbonyl (C=O) groups is 1. The number of thioether (sulfide) groups is 1. The van der Waals surface area contributed by atoms with E-state index < -0.39 is 0 Å². The van der Waals surface area contributed by atoms with Gasteiger partial charge in [-0.15, -0.1) is 0 Å². The lowest BCUT2D eigenvalue weighted by Crippen LogP contribution is -2.19. The van der Waals surface area contributed by atoms with E-state index in [1.807, 2.05) is 30.3 Å². The maximum absolute atomic E-state index is 11.8. The van der Waals surface area contributed by atoms with Gasteiger partial charge in [0.25, 0.3) is 5.91 Å². The zero-order valence-electron chi connectivity index (χ0n) is 9.87. The highest BCUT2D eigenvalue weighted by Gasteiger charge is 2.24. The Bertz CT molecular complexity index is 645. The maximum atomic E-state index is 11.8. The van der Waals surface area contributed by atoms with Crippen molar-refractivity contribution in [2.45, 2.75) is 0 Å². The minimum Gasteiger partial charge on any atom is -0.465 e. The van der Waals surface area contributed by atoms with E-state index in [9.17, 15) is 4.79 Å². The van der Waals surface area contributed by atoms with E-state index >= 15 is 0 Å². The number of benzene rings is 1. The molecule has 4 nitrogen and oxygen atoms in total. The molecule has 0 unspecified atom stereocenters. The third-order valence-electron chi connectivity index (χ3n) is 2.45. The van der Waals surface area contributed by atoms with Crippen molar-refractivity contribution in [3.05, 3.63) is 59.4 Å². The van der Waals surface area contributed by atoms with Crippen molar-refractivity contribution in [3.8, 4) is 0 Å². The molecular formula is C14H10N2O2S. The molecule has 1 aromatic carbocycles. The minimum absolute atomic E-state index is 0.156. The standard InChI is InChI=1S/C14H10N2O2S/c17-13-12(9-11-7-4-8-18-11)19-14(16-13)15-10-5-2-1-3-6-10/h1-9H,(H,15,16,17)/b12-9-. The van der Waals surface area contributed by atoms with Gasteiger partial charge in [0.15, 0.2) is 5.17 Å². The van der Waals surface area contributed by atoms with Crippen LogP contribution in [-0.2, 0) is 4.79 Å². The molecule has 19 heavy (non-hydrogen) atoms. The molecule has 0 aliphatic carbocycles. The quantitative estimate of drug-likeness (QED) is 0.853. The number of para-hydroxylation sites is 1. The van der Waals surface area contributed by atoms with E-state index in [1.54, 1.807) is 24.5 Å². The van der Waals surface area contributed by atoms with Gasteiger partial charge in [0.05, 0.1) is 16.9 Å². The van der Waals surface area contributed by atoms with Gasteiger partial charge in [-0.3, -0.25) is 4.79 Å². The molecule has 1 amide bonds. The molecule has 0 bridgehead atoms. The second-order valence-electron chi connectivity index (χ2n) is 3.83. The van der Waals surface area contributed by atoms with E-state index in [-0.39, 0.29) is 5.91 Å². The summed E-state index contributed by atoms with van der Waals surface area (Å²) in [4.78, 5) is 16.7. The molecule has 0 atom stereocenters. The first kappa shape index (κ1) is 11.8. The summed E-state index contributed by atoms with van der Waals surface area (Å²) in [6.07, 6.45) is 3.27. The Morgan fingerprint density at radius 1 is 1.16 bits per heavy atom. The van der Waals surface area contributed by atoms with E-state index in [4.69, 9.17) is 4.42 Å². The molecule has 1 aliphatic heterocycles. The fourth-order valence-corrected chi connectivity index (χ4v) is 2.42. The van der Waals surface area contributed by atoms with Crippen LogP contribution in [-0.4, -0.2) is 11.1 Å². The van der Waals surface area contributed by atoms with Crippen molar-refractivity contribution >= 4 is 34.6 Å². The van der Waals surface area contributed by atoms with Crippen molar-refractivity contribution in [3.63, 3.8) is 0 Å². The fourth-order valence-electron chi connectivity index (χ4n) is 1.60. The Morgan fingerprint density at radius 3 is 2.74 bits per heavy atom. The molecule has 2 aromatic rings. The number of amides is 1. The van der Waals surface area contributed by atoms with E-state index in [1.165, 1.54) is 11.8 Å². The van der Waals surface area contributed by atoms with Crippen molar-refractivity contribution in [2.75, 3.05) is 0 Å². The first-order valence-electron chi connectivity index (χ1n) is 5.69. The first-order valence-corrected chi connectivity index (χ1v) is 6.51. The highest BCUT2D eigenvalue weighted by molar-refractivity contribution is 8.18. The normalized spacial score (nSPS) is 19.1. The fraction of sp³-hybridized carbons (Fsp3) is 0. The SMILES string of the molecule is O=C1NC(=Nc2ccccc2)S/C1=C\c1ccco1. The zero-order chi connectivity index (χ0) is 13.1. The summed E-state index contributed by atoms with van der Waals surface area (Å²) >= 11 is 1.30. The summed E-state index contributed by atoms with van der Waals surface area (Å²) in [5.41, 5.74) is 0.810. The number of rotatable bonds is 2. The number of aliphatic imine (C=N–C) groups is 1. The van der Waals surface area contributed by atoms with E-state index in [0.29, 0.717) is 15.8 Å². The Morgan fingerprint density at radius 2 is 2.00 bits per heavy atom. The molecule has 1 saturated heterocycles. The van der Waals surface area contributed by atoms with Crippen LogP contribution in [0.2, 0.25) is 0 Å². The Kier molecular flexibility index (Phi) is 3.20. The average molecular weight is 270 g/mol. The Balaban J connectivity index is 1.82. The lowest BCUT2D eigenvalue weighted by molar-refractivity contribution is -0.115. The van der Waals surface area contributed by atoms with Gasteiger partial charge in [-0.05, 0) is 36.0 Å². The van der Waals surface area contributed by atoms with Crippen LogP contribution in [0.15, 0.2) is 63.0 Å². The third kappa shape index (κ3) is 2.77. The highest BCUT2D eigenvalue weighted by atomic mass is 32.2. The van der Waals surface area contributed by atoms with Crippen LogP contribution in [0.25, 0.3) is 6.08 Å². The predicted octanol–water partition coefficient (Wildman–Crippen LogP) is 3.17. The van der Waals surface area contributed by atoms with Crippen LogP contribution in [0.1, 0.15) is 5.76 Å². The maximum Gasteiger partial charge on any atom is 0.264 e. The predicted molar refractivity (Wildman–Crippen MR) is 76.0 cm³/mol. The first-order chi connectivity index (χ1) is 9.31. The molecule has 0 radical (unpaired) electrons. The molecule has 5 heteroatoms. The molecule has 3 rings (SSSR count). The van der Waals surface area contributed by atoms with Crippen molar-refractivity contribution < 1.29 is 9.21 Å². The van der Waals surface area contributed by atoms with E-state index in [0.717, 1.165) is 5.69 Å². The number of nitrogens with zero attached hydrogens (tertiary/aromatic N) is 1. The monoisotopic (exact) mass is 270 g/mol. The number of hydrogen-bond donors (Lipinski definition) is 1. The molecule has 1 N–H and O–H groups in total. The number of amidine groups is 1.